The summed E-state index contributed by atoms with van der Waals surface area (Å²) in [4.78, 5) is 22.6. The minimum atomic E-state index is -1.06. The van der Waals surface area contributed by atoms with Gasteiger partial charge in [0.25, 0.3) is 0 Å². The van der Waals surface area contributed by atoms with Crippen molar-refractivity contribution in [2.75, 3.05) is 13.2 Å². The van der Waals surface area contributed by atoms with Crippen LogP contribution in [0.1, 0.15) is 65.2 Å². The smallest absolute Gasteiger partial charge is 0.329 e. The van der Waals surface area contributed by atoms with Gasteiger partial charge in [0.05, 0.1) is 6.10 Å². The van der Waals surface area contributed by atoms with Crippen LogP contribution in [-0.2, 0) is 14.3 Å². The third-order valence-corrected chi connectivity index (χ3v) is 5.13. The largest absolute Gasteiger partial charge is 0.480 e. The molecule has 0 aromatic heterocycles. The first-order chi connectivity index (χ1) is 13.3. The van der Waals surface area contributed by atoms with E-state index in [0.29, 0.717) is 32.3 Å². The number of carbonyl (C=O) groups excluding carboxylic acids is 1. The summed E-state index contributed by atoms with van der Waals surface area (Å²) in [5.41, 5.74) is -1.06. The minimum Gasteiger partial charge on any atom is -0.480 e. The number of carboxylic acid groups (broad SMARTS) is 1. The summed E-state index contributed by atoms with van der Waals surface area (Å²) in [6.45, 7) is 3.80. The van der Waals surface area contributed by atoms with Crippen molar-refractivity contribution >= 4 is 11.8 Å². The van der Waals surface area contributed by atoms with E-state index < -0.39 is 17.7 Å². The predicted octanol–water partition coefficient (Wildman–Crippen LogP) is 2.71. The van der Waals surface area contributed by atoms with Crippen LogP contribution in [0.3, 0.4) is 0 Å². The van der Waals surface area contributed by atoms with Gasteiger partial charge in [-0.3, -0.25) is 4.79 Å². The van der Waals surface area contributed by atoms with E-state index in [4.69, 9.17) is 9.84 Å². The molecule has 0 aliphatic heterocycles. The van der Waals surface area contributed by atoms with Crippen LogP contribution in [0.25, 0.3) is 0 Å². The first-order valence-corrected chi connectivity index (χ1v) is 10.2. The lowest BCUT2D eigenvalue weighted by Crippen LogP contribution is -2.26. The molecule has 158 valence electrons. The molecule has 1 aliphatic carbocycles. The number of ether oxygens (including phenoxy) is 1. The van der Waals surface area contributed by atoms with Gasteiger partial charge in [-0.15, -0.1) is 5.92 Å². The molecule has 1 aliphatic rings. The maximum atomic E-state index is 12.2. The number of aliphatic hydroxyl groups is 2. The molecule has 6 nitrogen and oxygen atoms in total. The number of carboxylic acids is 1. The Hall–Kier alpha value is -1.68. The number of rotatable bonds is 13. The number of carbonyl (C=O) groups is 2. The van der Waals surface area contributed by atoms with E-state index in [1.165, 1.54) is 0 Å². The van der Waals surface area contributed by atoms with Crippen molar-refractivity contribution in [3.05, 3.63) is 12.2 Å². The molecule has 0 radical (unpaired) electrons. The molecule has 0 aromatic carbocycles. The fourth-order valence-electron chi connectivity index (χ4n) is 3.66. The molecule has 1 saturated carbocycles. The summed E-state index contributed by atoms with van der Waals surface area (Å²) < 4.78 is 5.00. The Bertz CT molecular complexity index is 588. The standard InChI is InChI=1S/C22H34O6/c1-3-5-12-22(27,11-4-2)13-8-10-18-17(19(23)15-20(18)24)9-6-7-14-28-16-21(25)26/h8,10,17-18,20,24,27H,3,5-7,9,12-16H2,1-2H3,(H,25,26)/t17-,18-,20-,22?/m1/s1. The number of aliphatic carboxylic acids is 1. The molecule has 0 heterocycles. The summed E-state index contributed by atoms with van der Waals surface area (Å²) in [6.07, 6.45) is 8.04. The molecule has 0 saturated heterocycles. The minimum absolute atomic E-state index is 0.0585. The summed E-state index contributed by atoms with van der Waals surface area (Å²) in [6, 6.07) is 0. The van der Waals surface area contributed by atoms with Gasteiger partial charge in [-0.1, -0.05) is 37.8 Å². The van der Waals surface area contributed by atoms with Crippen LogP contribution >= 0.6 is 0 Å². The van der Waals surface area contributed by atoms with Crippen LogP contribution < -0.4 is 0 Å². The van der Waals surface area contributed by atoms with Gasteiger partial charge >= 0.3 is 5.97 Å². The zero-order chi connectivity index (χ0) is 21.0. The third kappa shape index (κ3) is 8.55. The fraction of sp³-hybridized carbons (Fsp3) is 0.727. The van der Waals surface area contributed by atoms with Crippen molar-refractivity contribution in [3.63, 3.8) is 0 Å². The van der Waals surface area contributed by atoms with E-state index in [-0.39, 0.29) is 30.6 Å². The Labute approximate surface area is 168 Å². The molecule has 6 heteroatoms. The van der Waals surface area contributed by atoms with Gasteiger partial charge in [0.2, 0.25) is 0 Å². The van der Waals surface area contributed by atoms with Gasteiger partial charge in [-0.05, 0) is 32.6 Å². The molecule has 0 aromatic rings. The molecular weight excluding hydrogens is 360 g/mol. The Morgan fingerprint density at radius 1 is 1.36 bits per heavy atom. The maximum Gasteiger partial charge on any atom is 0.329 e. The molecule has 0 amide bonds. The number of Topliss-reactive ketones (excluding diaryl/α,β-unsaturated/α-hetero) is 1. The van der Waals surface area contributed by atoms with Crippen LogP contribution in [-0.4, -0.2) is 52.0 Å². The lowest BCUT2D eigenvalue weighted by molar-refractivity contribution is -0.142. The molecule has 3 N–H and O–H groups in total. The maximum absolute atomic E-state index is 12.2. The van der Waals surface area contributed by atoms with Gasteiger partial charge in [-0.25, -0.2) is 4.79 Å². The molecule has 0 spiro atoms. The van der Waals surface area contributed by atoms with Gasteiger partial charge in [0.15, 0.2) is 0 Å². The zero-order valence-electron chi connectivity index (χ0n) is 17.0. The highest BCUT2D eigenvalue weighted by Crippen LogP contribution is 2.34. The molecule has 28 heavy (non-hydrogen) atoms. The van der Waals surface area contributed by atoms with E-state index >= 15 is 0 Å². The highest BCUT2D eigenvalue weighted by atomic mass is 16.5. The van der Waals surface area contributed by atoms with Crippen LogP contribution in [0.15, 0.2) is 12.2 Å². The highest BCUT2D eigenvalue weighted by molar-refractivity contribution is 5.84. The normalized spacial score (nSPS) is 24.1. The summed E-state index contributed by atoms with van der Waals surface area (Å²) in [7, 11) is 0. The molecular formula is C22H34O6. The zero-order valence-corrected chi connectivity index (χ0v) is 17.0. The van der Waals surface area contributed by atoms with Gasteiger partial charge in [0, 0.05) is 31.3 Å². The Morgan fingerprint density at radius 3 is 2.75 bits per heavy atom. The number of aliphatic hydroxyl groups excluding tert-OH is 1. The fourth-order valence-corrected chi connectivity index (χ4v) is 3.66. The van der Waals surface area contributed by atoms with E-state index in [0.717, 1.165) is 19.3 Å². The Morgan fingerprint density at radius 2 is 2.11 bits per heavy atom. The Balaban J connectivity index is 2.57. The predicted molar refractivity (Wildman–Crippen MR) is 107 cm³/mol. The van der Waals surface area contributed by atoms with Crippen LogP contribution in [0, 0.1) is 23.7 Å². The van der Waals surface area contributed by atoms with Crippen LogP contribution in [0.5, 0.6) is 0 Å². The first kappa shape index (κ1) is 24.4. The lowest BCUT2D eigenvalue weighted by Gasteiger charge is -2.21. The monoisotopic (exact) mass is 394 g/mol. The van der Waals surface area contributed by atoms with Crippen LogP contribution in [0.4, 0.5) is 0 Å². The molecule has 1 unspecified atom stereocenters. The summed E-state index contributed by atoms with van der Waals surface area (Å²) in [5.74, 6) is 4.24. The molecule has 1 fully saturated rings. The van der Waals surface area contributed by atoms with E-state index in [1.54, 1.807) is 6.92 Å². The average molecular weight is 395 g/mol. The average Bonchev–Trinajstić information content (AvgIpc) is 2.89. The molecule has 1 rings (SSSR count). The number of hydrogen-bond donors (Lipinski definition) is 3. The third-order valence-electron chi connectivity index (χ3n) is 5.13. The quantitative estimate of drug-likeness (QED) is 0.252. The number of ketones is 1. The second-order valence-corrected chi connectivity index (χ2v) is 7.51. The van der Waals surface area contributed by atoms with Gasteiger partial charge in [-0.2, -0.15) is 0 Å². The van der Waals surface area contributed by atoms with Crippen molar-refractivity contribution in [2.45, 2.75) is 76.9 Å². The van der Waals surface area contributed by atoms with Crippen molar-refractivity contribution in [3.8, 4) is 11.8 Å². The second-order valence-electron chi connectivity index (χ2n) is 7.51. The summed E-state index contributed by atoms with van der Waals surface area (Å²) >= 11 is 0. The molecule has 4 atom stereocenters. The SMILES string of the molecule is CC#CC(O)(CC=C[C@H]1[C@H](O)CC(=O)[C@@H]1CCCCOCC(=O)O)CCCC. The highest BCUT2D eigenvalue weighted by Gasteiger charge is 2.39. The van der Waals surface area contributed by atoms with E-state index in [1.807, 2.05) is 12.2 Å². The van der Waals surface area contributed by atoms with E-state index in [9.17, 15) is 19.8 Å². The van der Waals surface area contributed by atoms with Gasteiger partial charge < -0.3 is 20.1 Å². The Kier molecular flexibility index (Phi) is 11.1. The van der Waals surface area contributed by atoms with Crippen LogP contribution in [0.2, 0.25) is 0 Å². The first-order valence-electron chi connectivity index (χ1n) is 10.2. The van der Waals surface area contributed by atoms with Crippen molar-refractivity contribution < 1.29 is 29.6 Å². The van der Waals surface area contributed by atoms with Crippen molar-refractivity contribution in [1.82, 2.24) is 0 Å². The van der Waals surface area contributed by atoms with Crippen molar-refractivity contribution in [1.29, 1.82) is 0 Å². The second kappa shape index (κ2) is 12.7. The van der Waals surface area contributed by atoms with E-state index in [2.05, 4.69) is 18.8 Å². The topological polar surface area (TPSA) is 104 Å². The summed E-state index contributed by atoms with van der Waals surface area (Å²) in [5, 5.41) is 29.4. The number of hydrogen-bond acceptors (Lipinski definition) is 5. The lowest BCUT2D eigenvalue weighted by atomic mass is 9.87. The van der Waals surface area contributed by atoms with Gasteiger partial charge in [0.1, 0.15) is 18.0 Å². The number of unbranched alkanes of at least 4 members (excludes halogenated alkanes) is 2. The van der Waals surface area contributed by atoms with Crippen molar-refractivity contribution in [2.24, 2.45) is 11.8 Å². The molecule has 0 bridgehead atoms.